The lowest BCUT2D eigenvalue weighted by Gasteiger charge is -2.14. The molecule has 1 heterocycles. The molecule has 0 aliphatic heterocycles. The van der Waals surface area contributed by atoms with Crippen LogP contribution in [0.2, 0.25) is 5.02 Å². The molecule has 0 atom stereocenters. The molecule has 0 saturated heterocycles. The van der Waals surface area contributed by atoms with Gasteiger partial charge in [0.05, 0.1) is 18.1 Å². The smallest absolute Gasteiger partial charge is 0.368 e. The average Bonchev–Trinajstić information content (AvgIpc) is 2.76. The third kappa shape index (κ3) is 3.35. The Morgan fingerprint density at radius 2 is 2.14 bits per heavy atom. The average molecular weight is 317 g/mol. The van der Waals surface area contributed by atoms with E-state index in [9.17, 15) is 13.2 Å². The summed E-state index contributed by atoms with van der Waals surface area (Å²) in [6.07, 6.45) is -5.08. The van der Waals surface area contributed by atoms with Crippen LogP contribution in [0.5, 0.6) is 0 Å². The van der Waals surface area contributed by atoms with E-state index in [0.29, 0.717) is 0 Å². The molecule has 1 aromatic heterocycles. The number of hydrogen-bond donors (Lipinski definition) is 3. The lowest BCUT2D eigenvalue weighted by atomic mass is 10.0. The monoisotopic (exact) mass is 316 g/mol. The van der Waals surface area contributed by atoms with Gasteiger partial charge in [-0.3, -0.25) is 0 Å². The van der Waals surface area contributed by atoms with Crippen LogP contribution >= 0.6 is 11.6 Å². The van der Waals surface area contributed by atoms with E-state index in [1.54, 1.807) is 6.07 Å². The molecule has 0 unspecified atom stereocenters. The molecule has 0 fully saturated rings. The standard InChI is InChI=1S/C11H8ClF3N6/c12-8-4-5(18-10-19-9(17)20-21-10)3-7(11(13,14)15)6(8)1-2-16/h3-4H,1H2,(H4,17,18,19,20,21). The number of benzene rings is 1. The van der Waals surface area contributed by atoms with Crippen molar-refractivity contribution in [3.05, 3.63) is 28.3 Å². The van der Waals surface area contributed by atoms with Crippen molar-refractivity contribution < 1.29 is 13.2 Å². The molecule has 0 radical (unpaired) electrons. The van der Waals surface area contributed by atoms with Crippen LogP contribution < -0.4 is 11.1 Å². The number of rotatable bonds is 3. The number of H-pyrrole nitrogens is 1. The molecule has 0 aliphatic rings. The Kier molecular flexibility index (Phi) is 3.90. The Morgan fingerprint density at radius 1 is 1.43 bits per heavy atom. The van der Waals surface area contributed by atoms with Crippen LogP contribution in [-0.4, -0.2) is 15.2 Å². The predicted octanol–water partition coefficient (Wildman–Crippen LogP) is 2.87. The maximum Gasteiger partial charge on any atom is 0.416 e. The molecule has 0 spiro atoms. The summed E-state index contributed by atoms with van der Waals surface area (Å²) in [5.74, 6) is 0.0190. The van der Waals surface area contributed by atoms with Crippen molar-refractivity contribution in [3.8, 4) is 6.07 Å². The van der Waals surface area contributed by atoms with E-state index < -0.39 is 18.2 Å². The van der Waals surface area contributed by atoms with E-state index in [0.717, 1.165) is 6.07 Å². The van der Waals surface area contributed by atoms with Gasteiger partial charge in [-0.05, 0) is 17.7 Å². The van der Waals surface area contributed by atoms with Gasteiger partial charge in [0.1, 0.15) is 0 Å². The first-order valence-corrected chi connectivity index (χ1v) is 5.90. The van der Waals surface area contributed by atoms with Gasteiger partial charge in [0, 0.05) is 10.7 Å². The van der Waals surface area contributed by atoms with Gasteiger partial charge in [-0.1, -0.05) is 11.6 Å². The Balaban J connectivity index is 2.45. The first-order valence-electron chi connectivity index (χ1n) is 5.52. The van der Waals surface area contributed by atoms with Crippen molar-refractivity contribution in [1.29, 1.82) is 5.26 Å². The summed E-state index contributed by atoms with van der Waals surface area (Å²) in [5, 5.41) is 17.0. The van der Waals surface area contributed by atoms with Crippen molar-refractivity contribution >= 4 is 29.2 Å². The largest absolute Gasteiger partial charge is 0.416 e. The van der Waals surface area contributed by atoms with Gasteiger partial charge in [0.25, 0.3) is 0 Å². The van der Waals surface area contributed by atoms with Crippen molar-refractivity contribution in [2.45, 2.75) is 12.6 Å². The molecular formula is C11H8ClF3N6. The molecule has 1 aromatic carbocycles. The van der Waals surface area contributed by atoms with E-state index in [-0.39, 0.29) is 28.2 Å². The van der Waals surface area contributed by atoms with Crippen molar-refractivity contribution in [1.82, 2.24) is 15.2 Å². The highest BCUT2D eigenvalue weighted by Crippen LogP contribution is 2.38. The lowest BCUT2D eigenvalue weighted by Crippen LogP contribution is -2.10. The number of nitrogens with zero attached hydrogens (tertiary/aromatic N) is 3. The number of nitriles is 1. The molecule has 2 aromatic rings. The summed E-state index contributed by atoms with van der Waals surface area (Å²) in [6, 6.07) is 3.76. The molecule has 0 amide bonds. The zero-order valence-electron chi connectivity index (χ0n) is 10.3. The van der Waals surface area contributed by atoms with Gasteiger partial charge in [0.2, 0.25) is 11.9 Å². The summed E-state index contributed by atoms with van der Waals surface area (Å²) < 4.78 is 39.1. The highest BCUT2D eigenvalue weighted by molar-refractivity contribution is 6.31. The molecule has 0 bridgehead atoms. The third-order valence-electron chi connectivity index (χ3n) is 2.52. The molecule has 0 saturated carbocycles. The second kappa shape index (κ2) is 5.49. The van der Waals surface area contributed by atoms with Gasteiger partial charge >= 0.3 is 6.18 Å². The van der Waals surface area contributed by atoms with Crippen LogP contribution in [-0.2, 0) is 12.6 Å². The molecular weight excluding hydrogens is 309 g/mol. The fourth-order valence-electron chi connectivity index (χ4n) is 1.68. The summed E-state index contributed by atoms with van der Waals surface area (Å²) in [4.78, 5) is 3.71. The Labute approximate surface area is 121 Å². The number of aromatic nitrogens is 3. The normalized spacial score (nSPS) is 11.2. The SMILES string of the molecule is N#CCc1c(Cl)cc(Nc2n[nH]c(N)n2)cc1C(F)(F)F. The number of anilines is 3. The van der Waals surface area contributed by atoms with Crippen LogP contribution in [0.3, 0.4) is 0 Å². The van der Waals surface area contributed by atoms with Crippen molar-refractivity contribution in [2.24, 2.45) is 0 Å². The van der Waals surface area contributed by atoms with Crippen LogP contribution in [0.4, 0.5) is 30.8 Å². The number of nitrogen functional groups attached to an aromatic ring is 1. The number of nitrogens with one attached hydrogen (secondary N) is 2. The number of alkyl halides is 3. The maximum atomic E-state index is 13.0. The van der Waals surface area contributed by atoms with E-state index in [1.807, 2.05) is 0 Å². The Morgan fingerprint density at radius 3 is 2.67 bits per heavy atom. The van der Waals surface area contributed by atoms with Crippen LogP contribution in [0.25, 0.3) is 0 Å². The predicted molar refractivity (Wildman–Crippen MR) is 69.8 cm³/mol. The van der Waals surface area contributed by atoms with Gasteiger partial charge in [0.15, 0.2) is 0 Å². The van der Waals surface area contributed by atoms with Gasteiger partial charge in [-0.15, -0.1) is 5.10 Å². The van der Waals surface area contributed by atoms with Crippen molar-refractivity contribution in [2.75, 3.05) is 11.1 Å². The highest BCUT2D eigenvalue weighted by atomic mass is 35.5. The number of nitrogens with two attached hydrogens (primary N) is 1. The van der Waals surface area contributed by atoms with Crippen LogP contribution in [0.15, 0.2) is 12.1 Å². The molecule has 10 heteroatoms. The van der Waals surface area contributed by atoms with E-state index in [1.165, 1.54) is 6.07 Å². The second-order valence-electron chi connectivity index (χ2n) is 3.99. The Bertz CT molecular complexity index is 703. The first kappa shape index (κ1) is 14.9. The summed E-state index contributed by atoms with van der Waals surface area (Å²) in [5.41, 5.74) is 4.09. The topological polar surface area (TPSA) is 103 Å². The minimum atomic E-state index is -4.63. The second-order valence-corrected chi connectivity index (χ2v) is 4.39. The number of aromatic amines is 1. The van der Waals surface area contributed by atoms with Gasteiger partial charge in [-0.25, -0.2) is 5.10 Å². The lowest BCUT2D eigenvalue weighted by molar-refractivity contribution is -0.138. The summed E-state index contributed by atoms with van der Waals surface area (Å²) >= 11 is 5.83. The number of hydrogen-bond acceptors (Lipinski definition) is 5. The number of halogens is 4. The molecule has 0 aliphatic carbocycles. The highest BCUT2D eigenvalue weighted by Gasteiger charge is 2.34. The van der Waals surface area contributed by atoms with Crippen molar-refractivity contribution in [3.63, 3.8) is 0 Å². The van der Waals surface area contributed by atoms with Gasteiger partial charge in [-0.2, -0.15) is 23.4 Å². The maximum absolute atomic E-state index is 13.0. The minimum Gasteiger partial charge on any atom is -0.368 e. The molecule has 110 valence electrons. The molecule has 4 N–H and O–H groups in total. The zero-order valence-corrected chi connectivity index (χ0v) is 11.0. The molecule has 21 heavy (non-hydrogen) atoms. The van der Waals surface area contributed by atoms with Gasteiger partial charge < -0.3 is 11.1 Å². The fourth-order valence-corrected chi connectivity index (χ4v) is 1.97. The van der Waals surface area contributed by atoms with Crippen LogP contribution in [0, 0.1) is 11.3 Å². The zero-order chi connectivity index (χ0) is 15.6. The van der Waals surface area contributed by atoms with E-state index in [2.05, 4.69) is 20.5 Å². The first-order chi connectivity index (χ1) is 9.81. The minimum absolute atomic E-state index is 0.00437. The molecule has 6 nitrogen and oxygen atoms in total. The quantitative estimate of drug-likeness (QED) is 0.807. The summed E-state index contributed by atoms with van der Waals surface area (Å²) in [6.45, 7) is 0. The van der Waals surface area contributed by atoms with E-state index in [4.69, 9.17) is 22.6 Å². The molecule has 2 rings (SSSR count). The van der Waals surface area contributed by atoms with E-state index >= 15 is 0 Å². The Hall–Kier alpha value is -2.47. The fraction of sp³-hybridized carbons (Fsp3) is 0.182. The summed E-state index contributed by atoms with van der Waals surface area (Å²) in [7, 11) is 0. The third-order valence-corrected chi connectivity index (χ3v) is 2.85. The van der Waals surface area contributed by atoms with Crippen LogP contribution in [0.1, 0.15) is 11.1 Å².